The summed E-state index contributed by atoms with van der Waals surface area (Å²) >= 11 is 6.05. The fourth-order valence-corrected chi connectivity index (χ4v) is 2.88. The van der Waals surface area contributed by atoms with Crippen molar-refractivity contribution in [2.45, 2.75) is 13.0 Å². The lowest BCUT2D eigenvalue weighted by Gasteiger charge is -2.26. The molecule has 0 amide bonds. The molecule has 0 aliphatic carbocycles. The number of hydrogen-bond donors (Lipinski definition) is 1. The van der Waals surface area contributed by atoms with Gasteiger partial charge in [-0.3, -0.25) is 14.8 Å². The Bertz CT molecular complexity index is 733. The van der Waals surface area contributed by atoms with Crippen LogP contribution in [0, 0.1) is 5.92 Å². The van der Waals surface area contributed by atoms with Gasteiger partial charge in [0.05, 0.1) is 17.4 Å². The number of rotatable bonds is 3. The maximum Gasteiger partial charge on any atom is 0.314 e. The van der Waals surface area contributed by atoms with Crippen LogP contribution in [0.1, 0.15) is 18.5 Å². The quantitative estimate of drug-likeness (QED) is 0.943. The SMILES string of the molecule is CC1=NN(c2cccc(Cl)c2)C(c2cccnc2)C1C(=O)O. The lowest BCUT2D eigenvalue weighted by molar-refractivity contribution is -0.139. The summed E-state index contributed by atoms with van der Waals surface area (Å²) in [5.74, 6) is -1.62. The number of carbonyl (C=O) groups is 1. The van der Waals surface area contributed by atoms with Gasteiger partial charge < -0.3 is 5.11 Å². The van der Waals surface area contributed by atoms with Gasteiger partial charge in [0.2, 0.25) is 0 Å². The molecule has 2 heterocycles. The van der Waals surface area contributed by atoms with Crippen LogP contribution in [0.3, 0.4) is 0 Å². The Morgan fingerprint density at radius 2 is 2.14 bits per heavy atom. The molecule has 0 saturated carbocycles. The van der Waals surface area contributed by atoms with Crippen LogP contribution in [0.5, 0.6) is 0 Å². The Morgan fingerprint density at radius 3 is 2.77 bits per heavy atom. The second-order valence-corrected chi connectivity index (χ2v) is 5.55. The predicted octanol–water partition coefficient (Wildman–Crippen LogP) is 3.37. The predicted molar refractivity (Wildman–Crippen MR) is 85.1 cm³/mol. The fraction of sp³-hybridized carbons (Fsp3) is 0.188. The van der Waals surface area contributed by atoms with Crippen molar-refractivity contribution in [3.8, 4) is 0 Å². The zero-order chi connectivity index (χ0) is 15.7. The van der Waals surface area contributed by atoms with Gasteiger partial charge in [0.1, 0.15) is 5.92 Å². The van der Waals surface area contributed by atoms with Crippen LogP contribution in [0.2, 0.25) is 5.02 Å². The van der Waals surface area contributed by atoms with E-state index in [0.29, 0.717) is 10.7 Å². The van der Waals surface area contributed by atoms with Crippen molar-refractivity contribution < 1.29 is 9.90 Å². The van der Waals surface area contributed by atoms with E-state index in [4.69, 9.17) is 11.6 Å². The van der Waals surface area contributed by atoms with Gasteiger partial charge in [-0.15, -0.1) is 0 Å². The molecule has 2 aromatic rings. The topological polar surface area (TPSA) is 65.8 Å². The molecule has 1 aromatic heterocycles. The summed E-state index contributed by atoms with van der Waals surface area (Å²) in [6.45, 7) is 1.73. The first-order valence-corrected chi connectivity index (χ1v) is 7.18. The number of nitrogens with zero attached hydrogens (tertiary/aromatic N) is 3. The molecule has 1 aliphatic heterocycles. The van der Waals surface area contributed by atoms with E-state index >= 15 is 0 Å². The first-order chi connectivity index (χ1) is 10.6. The third kappa shape index (κ3) is 2.55. The molecule has 0 spiro atoms. The van der Waals surface area contributed by atoms with Crippen molar-refractivity contribution in [2.24, 2.45) is 11.0 Å². The average Bonchev–Trinajstić information content (AvgIpc) is 2.86. The molecule has 5 nitrogen and oxygen atoms in total. The van der Waals surface area contributed by atoms with E-state index in [-0.39, 0.29) is 0 Å². The Balaban J connectivity index is 2.09. The Hall–Kier alpha value is -2.40. The number of hydrogen-bond acceptors (Lipinski definition) is 4. The summed E-state index contributed by atoms with van der Waals surface area (Å²) in [6.07, 6.45) is 3.33. The first kappa shape index (κ1) is 14.5. The summed E-state index contributed by atoms with van der Waals surface area (Å²) in [5, 5.41) is 16.3. The standard InChI is InChI=1S/C16H14ClN3O2/c1-10-14(16(21)22)15(11-4-3-7-18-9-11)20(19-10)13-6-2-5-12(17)8-13/h2-9,14-15H,1H3,(H,21,22). The molecule has 0 radical (unpaired) electrons. The fourth-order valence-electron chi connectivity index (χ4n) is 2.70. The number of anilines is 1. The number of hydrazone groups is 1. The van der Waals surface area contributed by atoms with E-state index in [1.54, 1.807) is 42.5 Å². The van der Waals surface area contributed by atoms with Gasteiger partial charge in [0, 0.05) is 17.4 Å². The molecule has 1 aliphatic rings. The zero-order valence-electron chi connectivity index (χ0n) is 11.8. The largest absolute Gasteiger partial charge is 0.481 e. The Kier molecular flexibility index (Phi) is 3.81. The number of carboxylic acid groups (broad SMARTS) is 1. The van der Waals surface area contributed by atoms with Gasteiger partial charge in [-0.1, -0.05) is 23.7 Å². The molecule has 2 atom stereocenters. The molecule has 112 valence electrons. The number of aromatic nitrogens is 1. The smallest absolute Gasteiger partial charge is 0.314 e. The Morgan fingerprint density at radius 1 is 1.32 bits per heavy atom. The average molecular weight is 316 g/mol. The van der Waals surface area contributed by atoms with Crippen molar-refractivity contribution in [3.63, 3.8) is 0 Å². The highest BCUT2D eigenvalue weighted by atomic mass is 35.5. The highest BCUT2D eigenvalue weighted by molar-refractivity contribution is 6.30. The monoisotopic (exact) mass is 315 g/mol. The van der Waals surface area contributed by atoms with E-state index < -0.39 is 17.9 Å². The van der Waals surface area contributed by atoms with Crippen molar-refractivity contribution in [1.82, 2.24) is 4.98 Å². The summed E-state index contributed by atoms with van der Waals surface area (Å²) in [4.78, 5) is 15.8. The second-order valence-electron chi connectivity index (χ2n) is 5.11. The minimum absolute atomic E-state index is 0.440. The second kappa shape index (κ2) is 5.77. The van der Waals surface area contributed by atoms with Crippen molar-refractivity contribution in [3.05, 3.63) is 59.4 Å². The molecule has 1 aromatic carbocycles. The Labute approximate surface area is 132 Å². The van der Waals surface area contributed by atoms with Crippen LogP contribution >= 0.6 is 11.6 Å². The molecule has 22 heavy (non-hydrogen) atoms. The molecule has 2 unspecified atom stereocenters. The highest BCUT2D eigenvalue weighted by Gasteiger charge is 2.42. The summed E-state index contributed by atoms with van der Waals surface area (Å²) in [6, 6.07) is 10.4. The van der Waals surface area contributed by atoms with Gasteiger partial charge >= 0.3 is 5.97 Å². The number of benzene rings is 1. The summed E-state index contributed by atoms with van der Waals surface area (Å²) < 4.78 is 0. The van der Waals surface area contributed by atoms with Crippen molar-refractivity contribution in [1.29, 1.82) is 0 Å². The molecule has 3 rings (SSSR count). The number of halogens is 1. The van der Waals surface area contributed by atoms with Crippen LogP contribution in [0.25, 0.3) is 0 Å². The molecule has 6 heteroatoms. The van der Waals surface area contributed by atoms with Gasteiger partial charge in [-0.25, -0.2) is 0 Å². The van der Waals surface area contributed by atoms with Gasteiger partial charge in [0.15, 0.2) is 0 Å². The van der Waals surface area contributed by atoms with Crippen molar-refractivity contribution in [2.75, 3.05) is 5.01 Å². The minimum atomic E-state index is -0.903. The van der Waals surface area contributed by atoms with Gasteiger partial charge in [0.25, 0.3) is 0 Å². The van der Waals surface area contributed by atoms with Crippen LogP contribution in [0.15, 0.2) is 53.9 Å². The third-order valence-electron chi connectivity index (χ3n) is 3.66. The van der Waals surface area contributed by atoms with E-state index in [1.165, 1.54) is 0 Å². The maximum absolute atomic E-state index is 11.7. The first-order valence-electron chi connectivity index (χ1n) is 6.80. The summed E-state index contributed by atoms with van der Waals surface area (Å²) in [7, 11) is 0. The van der Waals surface area contributed by atoms with Crippen LogP contribution < -0.4 is 5.01 Å². The van der Waals surface area contributed by atoms with E-state index in [1.807, 2.05) is 18.2 Å². The number of aliphatic carboxylic acids is 1. The normalized spacial score (nSPS) is 20.8. The van der Waals surface area contributed by atoms with Crippen LogP contribution in [-0.2, 0) is 4.79 Å². The van der Waals surface area contributed by atoms with E-state index in [0.717, 1.165) is 11.3 Å². The van der Waals surface area contributed by atoms with Crippen molar-refractivity contribution >= 4 is 29.0 Å². The summed E-state index contributed by atoms with van der Waals surface area (Å²) in [5.41, 5.74) is 2.11. The molecule has 1 N–H and O–H groups in total. The van der Waals surface area contributed by atoms with E-state index in [2.05, 4.69) is 10.1 Å². The lowest BCUT2D eigenvalue weighted by Crippen LogP contribution is -2.30. The molecule has 0 saturated heterocycles. The molecule has 0 fully saturated rings. The number of carboxylic acids is 1. The highest BCUT2D eigenvalue weighted by Crippen LogP contribution is 2.39. The van der Waals surface area contributed by atoms with Gasteiger partial charge in [-0.2, -0.15) is 5.10 Å². The lowest BCUT2D eigenvalue weighted by atomic mass is 9.91. The zero-order valence-corrected chi connectivity index (χ0v) is 12.6. The van der Waals surface area contributed by atoms with E-state index in [9.17, 15) is 9.90 Å². The molecular formula is C16H14ClN3O2. The van der Waals surface area contributed by atoms with Crippen LogP contribution in [0.4, 0.5) is 5.69 Å². The third-order valence-corrected chi connectivity index (χ3v) is 3.89. The van der Waals surface area contributed by atoms with Gasteiger partial charge in [-0.05, 0) is 36.8 Å². The van der Waals surface area contributed by atoms with Crippen LogP contribution in [-0.4, -0.2) is 21.8 Å². The molecule has 0 bridgehead atoms. The number of pyridine rings is 1. The minimum Gasteiger partial charge on any atom is -0.481 e. The maximum atomic E-state index is 11.7. The molecular weight excluding hydrogens is 302 g/mol.